The maximum Gasteiger partial charge on any atom is 0.0459 e. The van der Waals surface area contributed by atoms with Gasteiger partial charge in [-0.25, -0.2) is 0 Å². The van der Waals surface area contributed by atoms with Crippen molar-refractivity contribution in [2.75, 3.05) is 18.5 Å². The molecule has 0 spiro atoms. The maximum atomic E-state index is 3.37. The van der Waals surface area contributed by atoms with Crippen LogP contribution in [0.25, 0.3) is 0 Å². The molecule has 1 aliphatic heterocycles. The zero-order valence-corrected chi connectivity index (χ0v) is 13.1. The number of benzene rings is 2. The summed E-state index contributed by atoms with van der Waals surface area (Å²) in [6.45, 7) is 5.65. The first kappa shape index (κ1) is 14.2. The molecule has 2 nitrogen and oxygen atoms in total. The van der Waals surface area contributed by atoms with Gasteiger partial charge in [0.1, 0.15) is 0 Å². The lowest BCUT2D eigenvalue weighted by Gasteiger charge is -2.36. The molecule has 2 heteroatoms. The average Bonchev–Trinajstić information content (AvgIpc) is 2.53. The van der Waals surface area contributed by atoms with Crippen LogP contribution in [-0.2, 0) is 6.42 Å². The summed E-state index contributed by atoms with van der Waals surface area (Å²) in [4.78, 5) is 2.49. The molecule has 2 unspecified atom stereocenters. The molecule has 0 aliphatic carbocycles. The highest BCUT2D eigenvalue weighted by molar-refractivity contribution is 5.70. The predicted octanol–water partition coefficient (Wildman–Crippen LogP) is 4.30. The van der Waals surface area contributed by atoms with Crippen LogP contribution in [0.1, 0.15) is 31.0 Å². The normalized spacial score (nSPS) is 19.2. The number of anilines is 2. The van der Waals surface area contributed by atoms with Crippen LogP contribution in [0, 0.1) is 5.92 Å². The van der Waals surface area contributed by atoms with E-state index in [0.29, 0.717) is 12.0 Å². The highest BCUT2D eigenvalue weighted by Gasteiger charge is 2.24. The molecule has 0 aromatic heterocycles. The Labute approximate surface area is 127 Å². The Balaban J connectivity index is 2.09. The van der Waals surface area contributed by atoms with E-state index in [0.717, 1.165) is 6.54 Å². The summed E-state index contributed by atoms with van der Waals surface area (Å²) in [5.41, 5.74) is 5.52. The van der Waals surface area contributed by atoms with Crippen molar-refractivity contribution in [1.82, 2.24) is 5.32 Å². The Kier molecular flexibility index (Phi) is 3.98. The van der Waals surface area contributed by atoms with E-state index in [1.54, 1.807) is 0 Å². The first-order valence-electron chi connectivity index (χ1n) is 7.82. The van der Waals surface area contributed by atoms with Crippen LogP contribution in [0.3, 0.4) is 0 Å². The highest BCUT2D eigenvalue weighted by Crippen LogP contribution is 2.38. The van der Waals surface area contributed by atoms with Gasteiger partial charge < -0.3 is 10.2 Å². The second-order valence-electron chi connectivity index (χ2n) is 6.12. The van der Waals surface area contributed by atoms with E-state index in [1.807, 2.05) is 7.05 Å². The third-order valence-corrected chi connectivity index (χ3v) is 4.47. The summed E-state index contributed by atoms with van der Waals surface area (Å²) < 4.78 is 0. The largest absolute Gasteiger partial charge is 0.341 e. The van der Waals surface area contributed by atoms with E-state index in [1.165, 1.54) is 28.9 Å². The molecular weight excluding hydrogens is 256 g/mol. The molecule has 1 N–H and O–H groups in total. The van der Waals surface area contributed by atoms with Gasteiger partial charge in [-0.05, 0) is 49.6 Å². The minimum Gasteiger partial charge on any atom is -0.341 e. The first-order chi connectivity index (χ1) is 10.2. The average molecular weight is 280 g/mol. The van der Waals surface area contributed by atoms with E-state index in [4.69, 9.17) is 0 Å². The summed E-state index contributed by atoms with van der Waals surface area (Å²) in [7, 11) is 2.02. The smallest absolute Gasteiger partial charge is 0.0459 e. The molecule has 1 aliphatic rings. The molecule has 3 rings (SSSR count). The lowest BCUT2D eigenvalue weighted by atomic mass is 9.92. The van der Waals surface area contributed by atoms with Gasteiger partial charge in [0, 0.05) is 24.0 Å². The van der Waals surface area contributed by atoms with Crippen molar-refractivity contribution in [3.63, 3.8) is 0 Å². The van der Waals surface area contributed by atoms with Crippen LogP contribution in [0.2, 0.25) is 0 Å². The summed E-state index contributed by atoms with van der Waals surface area (Å²) in [5.74, 6) is 0.679. The monoisotopic (exact) mass is 280 g/mol. The lowest BCUT2D eigenvalue weighted by molar-refractivity contribution is 0.559. The summed E-state index contributed by atoms with van der Waals surface area (Å²) in [6, 6.07) is 17.9. The standard InChI is InChI=1S/C19H24N2/c1-14-12-16-8-4-6-10-18(16)21(13-14)19-11-7-5-9-17(19)15(2)20-3/h4-11,14-15,20H,12-13H2,1-3H3. The topological polar surface area (TPSA) is 15.3 Å². The van der Waals surface area contributed by atoms with Gasteiger partial charge >= 0.3 is 0 Å². The minimum absolute atomic E-state index is 0.352. The van der Waals surface area contributed by atoms with E-state index in [2.05, 4.69) is 72.6 Å². The summed E-state index contributed by atoms with van der Waals surface area (Å²) in [5, 5.41) is 3.37. The van der Waals surface area contributed by atoms with E-state index >= 15 is 0 Å². The lowest BCUT2D eigenvalue weighted by Crippen LogP contribution is -2.31. The van der Waals surface area contributed by atoms with Gasteiger partial charge in [-0.3, -0.25) is 0 Å². The van der Waals surface area contributed by atoms with Gasteiger partial charge in [-0.1, -0.05) is 43.3 Å². The van der Waals surface area contributed by atoms with Crippen LogP contribution in [0.5, 0.6) is 0 Å². The van der Waals surface area contributed by atoms with Crippen molar-refractivity contribution in [2.24, 2.45) is 5.92 Å². The van der Waals surface area contributed by atoms with Crippen molar-refractivity contribution in [2.45, 2.75) is 26.3 Å². The molecule has 2 aromatic rings. The molecular formula is C19H24N2. The third kappa shape index (κ3) is 2.68. The molecule has 0 bridgehead atoms. The number of fused-ring (bicyclic) bond motifs is 1. The fourth-order valence-electron chi connectivity index (χ4n) is 3.28. The molecule has 0 saturated heterocycles. The number of nitrogens with one attached hydrogen (secondary N) is 1. The van der Waals surface area contributed by atoms with Crippen LogP contribution in [0.4, 0.5) is 11.4 Å². The van der Waals surface area contributed by atoms with Crippen molar-refractivity contribution < 1.29 is 0 Å². The van der Waals surface area contributed by atoms with E-state index in [9.17, 15) is 0 Å². The Morgan fingerprint density at radius 2 is 1.71 bits per heavy atom. The number of nitrogens with zero attached hydrogens (tertiary/aromatic N) is 1. The summed E-state index contributed by atoms with van der Waals surface area (Å²) in [6.07, 6.45) is 1.18. The maximum absolute atomic E-state index is 3.37. The second kappa shape index (κ2) is 5.90. The molecule has 21 heavy (non-hydrogen) atoms. The number of para-hydroxylation sites is 2. The molecule has 0 fully saturated rings. The van der Waals surface area contributed by atoms with E-state index < -0.39 is 0 Å². The molecule has 110 valence electrons. The van der Waals surface area contributed by atoms with Crippen LogP contribution in [-0.4, -0.2) is 13.6 Å². The van der Waals surface area contributed by atoms with Gasteiger partial charge in [0.2, 0.25) is 0 Å². The summed E-state index contributed by atoms with van der Waals surface area (Å²) >= 11 is 0. The van der Waals surface area contributed by atoms with Gasteiger partial charge in [-0.15, -0.1) is 0 Å². The van der Waals surface area contributed by atoms with Gasteiger partial charge in [0.05, 0.1) is 0 Å². The van der Waals surface area contributed by atoms with Crippen molar-refractivity contribution in [1.29, 1.82) is 0 Å². The van der Waals surface area contributed by atoms with Gasteiger partial charge in [0.25, 0.3) is 0 Å². The third-order valence-electron chi connectivity index (χ3n) is 4.47. The number of rotatable bonds is 3. The SMILES string of the molecule is CNC(C)c1ccccc1N1CC(C)Cc2ccccc21. The van der Waals surface area contributed by atoms with Crippen molar-refractivity contribution in [3.05, 3.63) is 59.7 Å². The van der Waals surface area contributed by atoms with Gasteiger partial charge in [-0.2, -0.15) is 0 Å². The number of hydrogen-bond donors (Lipinski definition) is 1. The first-order valence-corrected chi connectivity index (χ1v) is 7.82. The fourth-order valence-corrected chi connectivity index (χ4v) is 3.28. The number of hydrogen-bond acceptors (Lipinski definition) is 2. The van der Waals surface area contributed by atoms with E-state index in [-0.39, 0.29) is 0 Å². The minimum atomic E-state index is 0.352. The molecule has 0 amide bonds. The molecule has 1 heterocycles. The molecule has 2 atom stereocenters. The Hall–Kier alpha value is -1.80. The molecule has 0 saturated carbocycles. The quantitative estimate of drug-likeness (QED) is 0.902. The Morgan fingerprint density at radius 3 is 2.48 bits per heavy atom. The predicted molar refractivity (Wildman–Crippen MR) is 90.2 cm³/mol. The molecule has 2 aromatic carbocycles. The van der Waals surface area contributed by atoms with Crippen molar-refractivity contribution >= 4 is 11.4 Å². The zero-order valence-electron chi connectivity index (χ0n) is 13.1. The highest BCUT2D eigenvalue weighted by atomic mass is 15.2. The fraction of sp³-hybridized carbons (Fsp3) is 0.368. The van der Waals surface area contributed by atoms with Crippen LogP contribution < -0.4 is 10.2 Å². The van der Waals surface area contributed by atoms with Crippen LogP contribution in [0.15, 0.2) is 48.5 Å². The Morgan fingerprint density at radius 1 is 1.05 bits per heavy atom. The second-order valence-corrected chi connectivity index (χ2v) is 6.12. The van der Waals surface area contributed by atoms with Crippen molar-refractivity contribution in [3.8, 4) is 0 Å². The zero-order chi connectivity index (χ0) is 14.8. The molecule has 0 radical (unpaired) electrons. The van der Waals surface area contributed by atoms with Crippen LogP contribution >= 0.6 is 0 Å². The Bertz CT molecular complexity index is 620. The van der Waals surface area contributed by atoms with Gasteiger partial charge in [0.15, 0.2) is 0 Å².